The summed E-state index contributed by atoms with van der Waals surface area (Å²) in [5, 5.41) is 4.15. The first-order chi connectivity index (χ1) is 7.24. The summed E-state index contributed by atoms with van der Waals surface area (Å²) in [6.45, 7) is 1.43. The molecule has 82 valence electrons. The summed E-state index contributed by atoms with van der Waals surface area (Å²) >= 11 is 3.30. The smallest absolute Gasteiger partial charge is 0.359 e. The number of halogens is 1. The first-order valence-electron chi connectivity index (χ1n) is 4.71. The van der Waals surface area contributed by atoms with E-state index in [-0.39, 0.29) is 5.69 Å². The SMILES string of the molecule is COC(=O)c1nn2c(c1Br)OCCCC2. The van der Waals surface area contributed by atoms with Crippen molar-refractivity contribution in [3.63, 3.8) is 0 Å². The Morgan fingerprint density at radius 2 is 2.40 bits per heavy atom. The second-order valence-electron chi connectivity index (χ2n) is 3.24. The lowest BCUT2D eigenvalue weighted by molar-refractivity contribution is 0.0592. The molecule has 0 bridgehead atoms. The number of rotatable bonds is 1. The highest BCUT2D eigenvalue weighted by molar-refractivity contribution is 9.10. The highest BCUT2D eigenvalue weighted by atomic mass is 79.9. The summed E-state index contributed by atoms with van der Waals surface area (Å²) in [7, 11) is 1.33. The molecule has 1 aliphatic rings. The predicted molar refractivity (Wildman–Crippen MR) is 56.0 cm³/mol. The Morgan fingerprint density at radius 3 is 3.13 bits per heavy atom. The molecule has 0 amide bonds. The third-order valence-corrected chi connectivity index (χ3v) is 2.95. The molecule has 0 unspecified atom stereocenters. The van der Waals surface area contributed by atoms with Crippen molar-refractivity contribution in [1.29, 1.82) is 0 Å². The van der Waals surface area contributed by atoms with Crippen LogP contribution in [0.5, 0.6) is 5.88 Å². The zero-order valence-corrected chi connectivity index (χ0v) is 9.91. The van der Waals surface area contributed by atoms with Gasteiger partial charge in [-0.3, -0.25) is 0 Å². The van der Waals surface area contributed by atoms with Gasteiger partial charge in [-0.25, -0.2) is 9.48 Å². The standard InChI is InChI=1S/C9H11BrN2O3/c1-14-9(13)7-6(10)8-12(11-7)4-2-3-5-15-8/h2-5H2,1H3. The van der Waals surface area contributed by atoms with E-state index >= 15 is 0 Å². The number of nitrogens with zero attached hydrogens (tertiary/aromatic N) is 2. The fourth-order valence-electron chi connectivity index (χ4n) is 1.47. The quantitative estimate of drug-likeness (QED) is 0.730. The van der Waals surface area contributed by atoms with E-state index in [1.54, 1.807) is 4.68 Å². The van der Waals surface area contributed by atoms with Gasteiger partial charge in [0.15, 0.2) is 5.69 Å². The van der Waals surface area contributed by atoms with Crippen LogP contribution in [0.2, 0.25) is 0 Å². The van der Waals surface area contributed by atoms with E-state index in [0.717, 1.165) is 19.4 Å². The number of carbonyl (C=O) groups excluding carboxylic acids is 1. The Kier molecular flexibility index (Phi) is 2.95. The Morgan fingerprint density at radius 1 is 1.60 bits per heavy atom. The molecule has 1 aromatic heterocycles. The highest BCUT2D eigenvalue weighted by Crippen LogP contribution is 2.31. The van der Waals surface area contributed by atoms with Gasteiger partial charge in [-0.05, 0) is 28.8 Å². The van der Waals surface area contributed by atoms with E-state index in [0.29, 0.717) is 17.0 Å². The van der Waals surface area contributed by atoms with Gasteiger partial charge >= 0.3 is 5.97 Å². The first-order valence-corrected chi connectivity index (χ1v) is 5.50. The Hall–Kier alpha value is -1.04. The monoisotopic (exact) mass is 274 g/mol. The van der Waals surface area contributed by atoms with Crippen LogP contribution in [-0.4, -0.2) is 29.5 Å². The molecular weight excluding hydrogens is 264 g/mol. The minimum absolute atomic E-state index is 0.273. The summed E-state index contributed by atoms with van der Waals surface area (Å²) < 4.78 is 12.4. The van der Waals surface area contributed by atoms with Crippen LogP contribution in [0.25, 0.3) is 0 Å². The van der Waals surface area contributed by atoms with Gasteiger partial charge in [-0.15, -0.1) is 0 Å². The lowest BCUT2D eigenvalue weighted by Crippen LogP contribution is -2.05. The van der Waals surface area contributed by atoms with Gasteiger partial charge in [0.05, 0.1) is 13.7 Å². The molecule has 0 aromatic carbocycles. The summed E-state index contributed by atoms with van der Waals surface area (Å²) in [4.78, 5) is 11.4. The van der Waals surface area contributed by atoms with E-state index in [1.165, 1.54) is 7.11 Å². The van der Waals surface area contributed by atoms with Crippen molar-refractivity contribution in [1.82, 2.24) is 9.78 Å². The van der Waals surface area contributed by atoms with E-state index in [4.69, 9.17) is 4.74 Å². The number of ether oxygens (including phenoxy) is 2. The van der Waals surface area contributed by atoms with Gasteiger partial charge in [0.1, 0.15) is 4.47 Å². The molecule has 5 nitrogen and oxygen atoms in total. The van der Waals surface area contributed by atoms with Crippen molar-refractivity contribution in [2.24, 2.45) is 0 Å². The second kappa shape index (κ2) is 4.22. The second-order valence-corrected chi connectivity index (χ2v) is 4.03. The molecule has 0 saturated heterocycles. The molecule has 1 aliphatic heterocycles. The molecule has 2 rings (SSSR count). The lowest BCUT2D eigenvalue weighted by atomic mass is 10.3. The maximum atomic E-state index is 11.4. The normalized spacial score (nSPS) is 15.1. The van der Waals surface area contributed by atoms with Crippen LogP contribution in [-0.2, 0) is 11.3 Å². The predicted octanol–water partition coefficient (Wildman–Crippen LogP) is 1.60. The van der Waals surface area contributed by atoms with Gasteiger partial charge in [0.2, 0.25) is 5.88 Å². The Bertz CT molecular complexity index is 389. The number of carbonyl (C=O) groups is 1. The van der Waals surface area contributed by atoms with Crippen LogP contribution < -0.4 is 4.74 Å². The Balaban J connectivity index is 2.40. The molecular formula is C9H11BrN2O3. The zero-order chi connectivity index (χ0) is 10.8. The summed E-state index contributed by atoms with van der Waals surface area (Å²) in [5.41, 5.74) is 0.273. The first kappa shape index (κ1) is 10.5. The van der Waals surface area contributed by atoms with Crippen molar-refractivity contribution < 1.29 is 14.3 Å². The van der Waals surface area contributed by atoms with Crippen LogP contribution in [0.4, 0.5) is 0 Å². The maximum absolute atomic E-state index is 11.4. The highest BCUT2D eigenvalue weighted by Gasteiger charge is 2.24. The molecule has 0 atom stereocenters. The van der Waals surface area contributed by atoms with E-state index < -0.39 is 5.97 Å². The number of hydrogen-bond donors (Lipinski definition) is 0. The average molecular weight is 275 g/mol. The summed E-state index contributed by atoms with van der Waals surface area (Å²) in [5.74, 6) is 0.166. The molecule has 0 aliphatic carbocycles. The van der Waals surface area contributed by atoms with Gasteiger partial charge in [-0.2, -0.15) is 5.10 Å². The molecule has 0 saturated carbocycles. The van der Waals surface area contributed by atoms with Crippen molar-refractivity contribution >= 4 is 21.9 Å². The third kappa shape index (κ3) is 1.86. The van der Waals surface area contributed by atoms with Crippen LogP contribution in [0, 0.1) is 0 Å². The number of methoxy groups -OCH3 is 1. The van der Waals surface area contributed by atoms with Crippen LogP contribution >= 0.6 is 15.9 Å². The van der Waals surface area contributed by atoms with Gasteiger partial charge < -0.3 is 9.47 Å². The molecule has 0 spiro atoms. The number of esters is 1. The molecule has 15 heavy (non-hydrogen) atoms. The van der Waals surface area contributed by atoms with Crippen LogP contribution in [0.3, 0.4) is 0 Å². The minimum Gasteiger partial charge on any atom is -0.477 e. The van der Waals surface area contributed by atoms with Gasteiger partial charge in [0, 0.05) is 6.54 Å². The number of aromatic nitrogens is 2. The Labute approximate surface area is 95.5 Å². The van der Waals surface area contributed by atoms with Gasteiger partial charge in [0.25, 0.3) is 0 Å². The lowest BCUT2D eigenvalue weighted by Gasteiger charge is -2.01. The van der Waals surface area contributed by atoms with Crippen LogP contribution in [0.1, 0.15) is 23.3 Å². The minimum atomic E-state index is -0.453. The fourth-order valence-corrected chi connectivity index (χ4v) is 2.03. The third-order valence-electron chi connectivity index (χ3n) is 2.23. The number of fused-ring (bicyclic) bond motifs is 1. The van der Waals surface area contributed by atoms with Crippen molar-refractivity contribution in [3.05, 3.63) is 10.2 Å². The summed E-state index contributed by atoms with van der Waals surface area (Å²) in [6, 6.07) is 0. The zero-order valence-electron chi connectivity index (χ0n) is 8.33. The molecule has 1 aromatic rings. The van der Waals surface area contributed by atoms with Gasteiger partial charge in [-0.1, -0.05) is 0 Å². The summed E-state index contributed by atoms with van der Waals surface area (Å²) in [6.07, 6.45) is 2.01. The van der Waals surface area contributed by atoms with Crippen molar-refractivity contribution in [3.8, 4) is 5.88 Å². The molecule has 0 N–H and O–H groups in total. The number of aryl methyl sites for hydroxylation is 1. The molecule has 0 fully saturated rings. The largest absolute Gasteiger partial charge is 0.477 e. The molecule has 6 heteroatoms. The van der Waals surface area contributed by atoms with E-state index in [2.05, 4.69) is 25.8 Å². The topological polar surface area (TPSA) is 53.3 Å². The van der Waals surface area contributed by atoms with Crippen LogP contribution in [0.15, 0.2) is 4.47 Å². The van der Waals surface area contributed by atoms with E-state index in [9.17, 15) is 4.79 Å². The van der Waals surface area contributed by atoms with Crippen molar-refractivity contribution in [2.75, 3.05) is 13.7 Å². The molecule has 2 heterocycles. The van der Waals surface area contributed by atoms with Crippen molar-refractivity contribution in [2.45, 2.75) is 19.4 Å². The molecule has 0 radical (unpaired) electrons. The average Bonchev–Trinajstić information content (AvgIpc) is 2.44. The maximum Gasteiger partial charge on any atom is 0.359 e. The number of hydrogen-bond acceptors (Lipinski definition) is 4. The fraction of sp³-hybridized carbons (Fsp3) is 0.556. The van der Waals surface area contributed by atoms with E-state index in [1.807, 2.05) is 0 Å².